The van der Waals surface area contributed by atoms with E-state index in [1.807, 2.05) is 72.5 Å². The molecule has 1 atom stereocenters. The summed E-state index contributed by atoms with van der Waals surface area (Å²) in [5.74, 6) is 0.600. The van der Waals surface area contributed by atoms with Crippen LogP contribution in [-0.4, -0.2) is 43.7 Å². The van der Waals surface area contributed by atoms with Gasteiger partial charge in [0.15, 0.2) is 0 Å². The Hall–Kier alpha value is -2.59. The first-order valence-electron chi connectivity index (χ1n) is 9.45. The summed E-state index contributed by atoms with van der Waals surface area (Å²) >= 11 is 0. The first kappa shape index (κ1) is 19.2. The van der Waals surface area contributed by atoms with Crippen LogP contribution in [0.25, 0.3) is 6.08 Å². The fourth-order valence-electron chi connectivity index (χ4n) is 3.40. The first-order chi connectivity index (χ1) is 13.2. The lowest BCUT2D eigenvalue weighted by atomic mass is 10.1. The lowest BCUT2D eigenvalue weighted by Crippen LogP contribution is -2.38. The highest BCUT2D eigenvalue weighted by Gasteiger charge is 2.25. The van der Waals surface area contributed by atoms with Crippen LogP contribution in [-0.2, 0) is 4.74 Å². The van der Waals surface area contributed by atoms with Crippen molar-refractivity contribution >= 4 is 12.0 Å². The Bertz CT molecular complexity index is 779. The van der Waals surface area contributed by atoms with Gasteiger partial charge in [-0.25, -0.2) is 0 Å². The van der Waals surface area contributed by atoms with E-state index in [0.29, 0.717) is 24.4 Å². The van der Waals surface area contributed by atoms with E-state index in [2.05, 4.69) is 0 Å². The van der Waals surface area contributed by atoms with Crippen molar-refractivity contribution in [2.75, 3.05) is 26.8 Å². The van der Waals surface area contributed by atoms with Crippen LogP contribution < -0.4 is 4.74 Å². The zero-order chi connectivity index (χ0) is 19.1. The van der Waals surface area contributed by atoms with Crippen molar-refractivity contribution < 1.29 is 14.3 Å². The summed E-state index contributed by atoms with van der Waals surface area (Å²) in [6, 6.07) is 15.8. The van der Waals surface area contributed by atoms with Gasteiger partial charge < -0.3 is 14.4 Å². The third-order valence-corrected chi connectivity index (χ3v) is 4.84. The predicted molar refractivity (Wildman–Crippen MR) is 108 cm³/mol. The van der Waals surface area contributed by atoms with Crippen molar-refractivity contribution in [3.05, 3.63) is 71.3 Å². The number of ether oxygens (including phenoxy) is 2. The van der Waals surface area contributed by atoms with Crippen LogP contribution in [0.5, 0.6) is 5.75 Å². The van der Waals surface area contributed by atoms with Gasteiger partial charge in [-0.3, -0.25) is 4.79 Å². The Morgan fingerprint density at radius 3 is 2.74 bits per heavy atom. The van der Waals surface area contributed by atoms with E-state index < -0.39 is 0 Å². The van der Waals surface area contributed by atoms with Gasteiger partial charge in [0.1, 0.15) is 5.75 Å². The smallest absolute Gasteiger partial charge is 0.258 e. The molecule has 1 saturated heterocycles. The van der Waals surface area contributed by atoms with E-state index in [4.69, 9.17) is 9.47 Å². The molecule has 0 N–H and O–H groups in total. The minimum absolute atomic E-state index is 0.0156. The largest absolute Gasteiger partial charge is 0.496 e. The van der Waals surface area contributed by atoms with Gasteiger partial charge in [0.05, 0.1) is 18.8 Å². The number of benzene rings is 2. The molecule has 0 saturated carbocycles. The van der Waals surface area contributed by atoms with Gasteiger partial charge in [-0.15, -0.1) is 0 Å². The second-order valence-corrected chi connectivity index (χ2v) is 6.81. The maximum atomic E-state index is 13.3. The first-order valence-corrected chi connectivity index (χ1v) is 9.45. The molecule has 1 aliphatic heterocycles. The Morgan fingerprint density at radius 1 is 1.22 bits per heavy atom. The summed E-state index contributed by atoms with van der Waals surface area (Å²) in [5.41, 5.74) is 2.67. The molecule has 0 radical (unpaired) electrons. The molecular formula is C23H27NO3. The van der Waals surface area contributed by atoms with Gasteiger partial charge in [0.2, 0.25) is 0 Å². The highest BCUT2D eigenvalue weighted by Crippen LogP contribution is 2.24. The molecule has 0 aromatic heterocycles. The Morgan fingerprint density at radius 2 is 2.04 bits per heavy atom. The number of hydrogen-bond acceptors (Lipinski definition) is 3. The zero-order valence-corrected chi connectivity index (χ0v) is 16.1. The number of aryl methyl sites for hydroxylation is 1. The molecule has 2 aromatic rings. The summed E-state index contributed by atoms with van der Waals surface area (Å²) in [4.78, 5) is 15.2. The van der Waals surface area contributed by atoms with Crippen LogP contribution in [0.4, 0.5) is 0 Å². The second-order valence-electron chi connectivity index (χ2n) is 6.81. The highest BCUT2D eigenvalue weighted by atomic mass is 16.5. The number of methoxy groups -OCH3 is 1. The molecule has 4 nitrogen and oxygen atoms in total. The van der Waals surface area contributed by atoms with Gasteiger partial charge in [-0.1, -0.05) is 54.6 Å². The van der Waals surface area contributed by atoms with Crippen molar-refractivity contribution in [1.29, 1.82) is 0 Å². The summed E-state index contributed by atoms with van der Waals surface area (Å²) < 4.78 is 11.2. The Kier molecular flexibility index (Phi) is 6.66. The lowest BCUT2D eigenvalue weighted by Gasteiger charge is -2.26. The number of rotatable bonds is 7. The Labute approximate surface area is 161 Å². The molecule has 2 aromatic carbocycles. The lowest BCUT2D eigenvalue weighted by molar-refractivity contribution is 0.0551. The molecule has 27 heavy (non-hydrogen) atoms. The molecule has 4 heteroatoms. The van der Waals surface area contributed by atoms with E-state index in [-0.39, 0.29) is 12.0 Å². The molecule has 1 aliphatic rings. The summed E-state index contributed by atoms with van der Waals surface area (Å²) in [6.45, 7) is 3.85. The summed E-state index contributed by atoms with van der Waals surface area (Å²) in [6.07, 6.45) is 6.24. The number of amides is 1. The standard InChI is InChI=1S/C23H27NO3/c1-18-9-6-14-21(26-2)22(18)23(25)24(17-20-13-8-16-27-20)15-7-12-19-10-4-3-5-11-19/h3-7,9-12,14,20H,8,13,15-17H2,1-2H3/b12-7+. The minimum Gasteiger partial charge on any atom is -0.496 e. The molecule has 142 valence electrons. The number of carbonyl (C=O) groups is 1. The van der Waals surface area contributed by atoms with Crippen LogP contribution in [0.3, 0.4) is 0 Å². The van der Waals surface area contributed by atoms with Crippen molar-refractivity contribution in [3.8, 4) is 5.75 Å². The average molecular weight is 365 g/mol. The van der Waals surface area contributed by atoms with Gasteiger partial charge in [-0.05, 0) is 37.0 Å². The number of nitrogens with zero attached hydrogens (tertiary/aromatic N) is 1. The van der Waals surface area contributed by atoms with E-state index in [9.17, 15) is 4.79 Å². The van der Waals surface area contributed by atoms with E-state index in [1.165, 1.54) is 0 Å². The minimum atomic E-state index is -0.0156. The molecule has 0 spiro atoms. The van der Waals surface area contributed by atoms with Crippen molar-refractivity contribution in [2.45, 2.75) is 25.9 Å². The molecule has 0 bridgehead atoms. The highest BCUT2D eigenvalue weighted by molar-refractivity contribution is 5.98. The topological polar surface area (TPSA) is 38.8 Å². The fourth-order valence-corrected chi connectivity index (χ4v) is 3.40. The normalized spacial score (nSPS) is 16.6. The van der Waals surface area contributed by atoms with E-state index >= 15 is 0 Å². The number of carbonyl (C=O) groups excluding carboxylic acids is 1. The van der Waals surface area contributed by atoms with Crippen LogP contribution in [0.15, 0.2) is 54.6 Å². The third kappa shape index (κ3) is 4.98. The SMILES string of the molecule is COc1cccc(C)c1C(=O)N(C/C=C/c1ccccc1)CC1CCCO1. The van der Waals surface area contributed by atoms with Crippen molar-refractivity contribution in [1.82, 2.24) is 4.90 Å². The second kappa shape index (κ2) is 9.38. The Balaban J connectivity index is 1.80. The maximum Gasteiger partial charge on any atom is 0.258 e. The van der Waals surface area contributed by atoms with Gasteiger partial charge in [0.25, 0.3) is 5.91 Å². The molecule has 1 fully saturated rings. The quantitative estimate of drug-likeness (QED) is 0.733. The summed E-state index contributed by atoms with van der Waals surface area (Å²) in [7, 11) is 1.60. The molecule has 0 aliphatic carbocycles. The molecule has 1 amide bonds. The van der Waals surface area contributed by atoms with Gasteiger partial charge in [-0.2, -0.15) is 0 Å². The fraction of sp³-hybridized carbons (Fsp3) is 0.348. The average Bonchev–Trinajstić information content (AvgIpc) is 3.20. The maximum absolute atomic E-state index is 13.3. The number of hydrogen-bond donors (Lipinski definition) is 0. The monoisotopic (exact) mass is 365 g/mol. The molecule has 1 heterocycles. The molecular weight excluding hydrogens is 338 g/mol. The van der Waals surface area contributed by atoms with Crippen LogP contribution in [0.1, 0.15) is 34.3 Å². The van der Waals surface area contributed by atoms with Gasteiger partial charge >= 0.3 is 0 Å². The van der Waals surface area contributed by atoms with Gasteiger partial charge in [0, 0.05) is 19.7 Å². The summed E-state index contributed by atoms with van der Waals surface area (Å²) in [5, 5.41) is 0. The van der Waals surface area contributed by atoms with Crippen LogP contribution in [0, 0.1) is 6.92 Å². The predicted octanol–water partition coefficient (Wildman–Crippen LogP) is 4.34. The molecule has 1 unspecified atom stereocenters. The van der Waals surface area contributed by atoms with Crippen LogP contribution >= 0.6 is 0 Å². The molecule has 3 rings (SSSR count). The van der Waals surface area contributed by atoms with E-state index in [0.717, 1.165) is 30.6 Å². The third-order valence-electron chi connectivity index (χ3n) is 4.84. The van der Waals surface area contributed by atoms with Crippen LogP contribution in [0.2, 0.25) is 0 Å². The van der Waals surface area contributed by atoms with Crippen molar-refractivity contribution in [2.24, 2.45) is 0 Å². The zero-order valence-electron chi connectivity index (χ0n) is 16.1. The van der Waals surface area contributed by atoms with Crippen molar-refractivity contribution in [3.63, 3.8) is 0 Å². The van der Waals surface area contributed by atoms with E-state index in [1.54, 1.807) is 7.11 Å².